The van der Waals surface area contributed by atoms with Crippen LogP contribution in [0.1, 0.15) is 13.3 Å². The molecule has 1 rings (SSSR count). The Morgan fingerprint density at radius 2 is 2.50 bits per heavy atom. The van der Waals surface area contributed by atoms with Gasteiger partial charge < -0.3 is 16.0 Å². The van der Waals surface area contributed by atoms with Crippen LogP contribution in [0.25, 0.3) is 0 Å². The predicted molar refractivity (Wildman–Crippen MR) is 47.7 cm³/mol. The van der Waals surface area contributed by atoms with E-state index in [1.807, 2.05) is 11.8 Å². The summed E-state index contributed by atoms with van der Waals surface area (Å²) in [5.41, 5.74) is 5.62. The molecule has 4 nitrogen and oxygen atoms in total. The third-order valence-corrected chi connectivity index (χ3v) is 1.92. The summed E-state index contributed by atoms with van der Waals surface area (Å²) < 4.78 is 0. The lowest BCUT2D eigenvalue weighted by molar-refractivity contribution is -0.129. The number of hydrogen-bond donors (Lipinski definition) is 2. The molecule has 1 amide bonds. The Labute approximate surface area is 73.1 Å². The first-order chi connectivity index (χ1) is 5.70. The van der Waals surface area contributed by atoms with Crippen LogP contribution in [0, 0.1) is 0 Å². The van der Waals surface area contributed by atoms with Crippen molar-refractivity contribution in [2.24, 2.45) is 5.73 Å². The summed E-state index contributed by atoms with van der Waals surface area (Å²) in [7, 11) is 0. The van der Waals surface area contributed by atoms with Gasteiger partial charge in [-0.25, -0.2) is 0 Å². The zero-order chi connectivity index (χ0) is 8.97. The van der Waals surface area contributed by atoms with E-state index in [9.17, 15) is 4.79 Å². The predicted octanol–water partition coefficient (Wildman–Crippen LogP) is -0.844. The first-order valence-corrected chi connectivity index (χ1v) is 4.44. The Bertz CT molecular complexity index is 158. The number of nitrogens with one attached hydrogen (secondary N) is 1. The molecular weight excluding hydrogens is 154 g/mol. The van der Waals surface area contributed by atoms with Gasteiger partial charge >= 0.3 is 0 Å². The number of carbonyl (C=O) groups is 1. The Balaban J connectivity index is 2.42. The molecule has 0 aromatic heterocycles. The largest absolute Gasteiger partial charge is 0.340 e. The zero-order valence-electron chi connectivity index (χ0n) is 7.55. The molecule has 0 aromatic carbocycles. The van der Waals surface area contributed by atoms with Crippen molar-refractivity contribution in [3.63, 3.8) is 0 Å². The van der Waals surface area contributed by atoms with E-state index >= 15 is 0 Å². The van der Waals surface area contributed by atoms with Gasteiger partial charge in [0.2, 0.25) is 5.91 Å². The SMILES string of the molecule is CC(N)CN1CCCNCC1=O. The van der Waals surface area contributed by atoms with E-state index in [4.69, 9.17) is 5.73 Å². The third kappa shape index (κ3) is 2.79. The minimum absolute atomic E-state index is 0.0760. The van der Waals surface area contributed by atoms with Gasteiger partial charge in [-0.15, -0.1) is 0 Å². The van der Waals surface area contributed by atoms with Crippen molar-refractivity contribution in [1.29, 1.82) is 0 Å². The quantitative estimate of drug-likeness (QED) is 0.569. The molecule has 1 fully saturated rings. The maximum atomic E-state index is 11.4. The fraction of sp³-hybridized carbons (Fsp3) is 0.875. The molecular formula is C8H17N3O. The van der Waals surface area contributed by atoms with Crippen molar-refractivity contribution in [1.82, 2.24) is 10.2 Å². The average Bonchev–Trinajstić information content (AvgIpc) is 2.16. The summed E-state index contributed by atoms with van der Waals surface area (Å²) in [5, 5.41) is 3.07. The second kappa shape index (κ2) is 4.42. The number of nitrogens with zero attached hydrogens (tertiary/aromatic N) is 1. The van der Waals surface area contributed by atoms with Crippen LogP contribution in [0.3, 0.4) is 0 Å². The lowest BCUT2D eigenvalue weighted by atomic mass is 10.3. The molecule has 12 heavy (non-hydrogen) atoms. The van der Waals surface area contributed by atoms with Crippen LogP contribution in [0.4, 0.5) is 0 Å². The maximum Gasteiger partial charge on any atom is 0.236 e. The third-order valence-electron chi connectivity index (χ3n) is 1.92. The fourth-order valence-electron chi connectivity index (χ4n) is 1.37. The normalized spacial score (nSPS) is 22.2. The molecule has 3 N–H and O–H groups in total. The van der Waals surface area contributed by atoms with Gasteiger partial charge in [-0.1, -0.05) is 0 Å². The molecule has 1 heterocycles. The molecule has 1 saturated heterocycles. The summed E-state index contributed by atoms with van der Waals surface area (Å²) in [6, 6.07) is 0.0760. The van der Waals surface area contributed by atoms with Crippen molar-refractivity contribution >= 4 is 5.91 Å². The van der Waals surface area contributed by atoms with Gasteiger partial charge in [0.15, 0.2) is 0 Å². The van der Waals surface area contributed by atoms with E-state index in [1.54, 1.807) is 0 Å². The van der Waals surface area contributed by atoms with Crippen LogP contribution >= 0.6 is 0 Å². The van der Waals surface area contributed by atoms with E-state index in [-0.39, 0.29) is 11.9 Å². The first-order valence-electron chi connectivity index (χ1n) is 4.44. The van der Waals surface area contributed by atoms with Crippen LogP contribution in [0.5, 0.6) is 0 Å². The van der Waals surface area contributed by atoms with Crippen LogP contribution in [-0.4, -0.2) is 43.0 Å². The molecule has 0 bridgehead atoms. The van der Waals surface area contributed by atoms with Crippen molar-refractivity contribution < 1.29 is 4.79 Å². The lowest BCUT2D eigenvalue weighted by Crippen LogP contribution is -2.41. The number of carbonyl (C=O) groups excluding carboxylic acids is 1. The first kappa shape index (κ1) is 9.48. The maximum absolute atomic E-state index is 11.4. The van der Waals surface area contributed by atoms with Crippen molar-refractivity contribution in [2.45, 2.75) is 19.4 Å². The molecule has 0 spiro atoms. The van der Waals surface area contributed by atoms with E-state index in [0.717, 1.165) is 19.5 Å². The molecule has 0 aromatic rings. The molecule has 0 saturated carbocycles. The van der Waals surface area contributed by atoms with Crippen LogP contribution < -0.4 is 11.1 Å². The second-order valence-corrected chi connectivity index (χ2v) is 3.35. The highest BCUT2D eigenvalue weighted by atomic mass is 16.2. The number of amides is 1. The summed E-state index contributed by atoms with van der Waals surface area (Å²) in [6.45, 7) is 4.84. The van der Waals surface area contributed by atoms with E-state index in [1.165, 1.54) is 0 Å². The van der Waals surface area contributed by atoms with Gasteiger partial charge in [-0.2, -0.15) is 0 Å². The molecule has 1 aliphatic heterocycles. The Morgan fingerprint density at radius 1 is 1.75 bits per heavy atom. The van der Waals surface area contributed by atoms with Crippen LogP contribution in [0.15, 0.2) is 0 Å². The van der Waals surface area contributed by atoms with E-state index in [2.05, 4.69) is 5.32 Å². The van der Waals surface area contributed by atoms with Gasteiger partial charge in [0.25, 0.3) is 0 Å². The van der Waals surface area contributed by atoms with Gasteiger partial charge in [0.1, 0.15) is 0 Å². The smallest absolute Gasteiger partial charge is 0.236 e. The highest BCUT2D eigenvalue weighted by molar-refractivity contribution is 5.78. The van der Waals surface area contributed by atoms with Gasteiger partial charge in [0.05, 0.1) is 6.54 Å². The molecule has 70 valence electrons. The second-order valence-electron chi connectivity index (χ2n) is 3.35. The topological polar surface area (TPSA) is 58.4 Å². The van der Waals surface area contributed by atoms with Gasteiger partial charge in [0, 0.05) is 19.1 Å². The van der Waals surface area contributed by atoms with Gasteiger partial charge in [-0.05, 0) is 19.9 Å². The number of hydrogen-bond acceptors (Lipinski definition) is 3. The molecule has 1 atom stereocenters. The lowest BCUT2D eigenvalue weighted by Gasteiger charge is -2.21. The van der Waals surface area contributed by atoms with Crippen molar-refractivity contribution in [3.05, 3.63) is 0 Å². The summed E-state index contributed by atoms with van der Waals surface area (Å²) in [6.07, 6.45) is 1.03. The molecule has 4 heteroatoms. The van der Waals surface area contributed by atoms with E-state index < -0.39 is 0 Å². The van der Waals surface area contributed by atoms with Crippen molar-refractivity contribution in [3.8, 4) is 0 Å². The molecule has 1 aliphatic rings. The van der Waals surface area contributed by atoms with Crippen LogP contribution in [-0.2, 0) is 4.79 Å². The summed E-state index contributed by atoms with van der Waals surface area (Å²) in [4.78, 5) is 13.2. The monoisotopic (exact) mass is 171 g/mol. The zero-order valence-corrected chi connectivity index (χ0v) is 7.55. The minimum Gasteiger partial charge on any atom is -0.340 e. The highest BCUT2D eigenvalue weighted by Crippen LogP contribution is 1.97. The summed E-state index contributed by atoms with van der Waals surface area (Å²) in [5.74, 6) is 0.171. The minimum atomic E-state index is 0.0760. The van der Waals surface area contributed by atoms with Crippen molar-refractivity contribution in [2.75, 3.05) is 26.2 Å². The summed E-state index contributed by atoms with van der Waals surface area (Å²) >= 11 is 0. The Morgan fingerprint density at radius 3 is 3.17 bits per heavy atom. The molecule has 1 unspecified atom stereocenters. The standard InChI is InChI=1S/C8H17N3O/c1-7(9)6-11-4-2-3-10-5-8(11)12/h7,10H,2-6,9H2,1H3. The average molecular weight is 171 g/mol. The molecule has 0 aliphatic carbocycles. The Hall–Kier alpha value is -0.610. The fourth-order valence-corrected chi connectivity index (χ4v) is 1.37. The van der Waals surface area contributed by atoms with E-state index in [0.29, 0.717) is 13.1 Å². The van der Waals surface area contributed by atoms with Crippen LogP contribution in [0.2, 0.25) is 0 Å². The highest BCUT2D eigenvalue weighted by Gasteiger charge is 2.16. The van der Waals surface area contributed by atoms with Gasteiger partial charge in [-0.3, -0.25) is 4.79 Å². The number of rotatable bonds is 2. The Kier molecular flexibility index (Phi) is 3.49. The molecule has 0 radical (unpaired) electrons. The number of nitrogens with two attached hydrogens (primary N) is 1.